The minimum absolute atomic E-state index is 0.0416. The molecule has 0 aliphatic heterocycles. The normalized spacial score (nSPS) is 13.4. The smallest absolute Gasteiger partial charge is 0.270 e. The van der Waals surface area contributed by atoms with Crippen molar-refractivity contribution in [3.05, 3.63) is 61.0 Å². The summed E-state index contributed by atoms with van der Waals surface area (Å²) in [6, 6.07) is 8.75. The van der Waals surface area contributed by atoms with Gasteiger partial charge < -0.3 is 9.88 Å². The van der Waals surface area contributed by atoms with Crippen LogP contribution in [-0.2, 0) is 11.2 Å². The predicted octanol–water partition coefficient (Wildman–Crippen LogP) is 4.67. The molecule has 0 bridgehead atoms. The molecule has 11 heteroatoms. The summed E-state index contributed by atoms with van der Waals surface area (Å²) in [4.78, 5) is 23.9. The SMILES string of the molecule is O=C(CSc1nnc(Cc2cccs2)n1C1CC1)Nc1ccc([N+](=O)[O-])cc1Br. The Hall–Kier alpha value is -2.24. The molecule has 0 saturated heterocycles. The summed E-state index contributed by atoms with van der Waals surface area (Å²) < 4.78 is 2.61. The van der Waals surface area contributed by atoms with Gasteiger partial charge in [0.2, 0.25) is 5.91 Å². The number of carbonyl (C=O) groups excluding carboxylic acids is 1. The van der Waals surface area contributed by atoms with E-state index >= 15 is 0 Å². The van der Waals surface area contributed by atoms with Crippen molar-refractivity contribution in [2.45, 2.75) is 30.5 Å². The number of nitro groups is 1. The van der Waals surface area contributed by atoms with Crippen LogP contribution in [0.3, 0.4) is 0 Å². The molecule has 1 aliphatic rings. The van der Waals surface area contributed by atoms with Crippen LogP contribution in [0.15, 0.2) is 45.3 Å². The lowest BCUT2D eigenvalue weighted by Gasteiger charge is -2.09. The van der Waals surface area contributed by atoms with Crippen molar-refractivity contribution in [2.75, 3.05) is 11.1 Å². The molecular weight excluding hydrogens is 478 g/mol. The first-order chi connectivity index (χ1) is 14.0. The van der Waals surface area contributed by atoms with E-state index in [1.807, 2.05) is 11.4 Å². The summed E-state index contributed by atoms with van der Waals surface area (Å²) in [5.74, 6) is 0.887. The van der Waals surface area contributed by atoms with Gasteiger partial charge in [0.15, 0.2) is 5.16 Å². The summed E-state index contributed by atoms with van der Waals surface area (Å²) >= 11 is 6.30. The molecule has 4 rings (SSSR count). The number of rotatable bonds is 8. The van der Waals surface area contributed by atoms with E-state index < -0.39 is 4.92 Å². The number of benzene rings is 1. The minimum Gasteiger partial charge on any atom is -0.324 e. The van der Waals surface area contributed by atoms with Gasteiger partial charge in [-0.25, -0.2) is 0 Å². The average molecular weight is 494 g/mol. The molecule has 2 heterocycles. The third kappa shape index (κ3) is 4.85. The van der Waals surface area contributed by atoms with E-state index in [4.69, 9.17) is 0 Å². The van der Waals surface area contributed by atoms with Gasteiger partial charge in [0.05, 0.1) is 16.4 Å². The molecule has 0 radical (unpaired) electrons. The second-order valence-electron chi connectivity index (χ2n) is 6.51. The number of thiophene rings is 1. The Labute approximate surface area is 183 Å². The van der Waals surface area contributed by atoms with Gasteiger partial charge in [-0.1, -0.05) is 17.8 Å². The molecule has 0 spiro atoms. The number of amides is 1. The van der Waals surface area contributed by atoms with E-state index in [0.29, 0.717) is 16.2 Å². The van der Waals surface area contributed by atoms with Gasteiger partial charge in [0, 0.05) is 33.9 Å². The molecule has 0 unspecified atom stereocenters. The van der Waals surface area contributed by atoms with Crippen molar-refractivity contribution in [1.29, 1.82) is 0 Å². The third-order valence-corrected chi connectivity index (χ3v) is 6.81. The lowest BCUT2D eigenvalue weighted by atomic mass is 10.3. The molecule has 1 aliphatic carbocycles. The van der Waals surface area contributed by atoms with E-state index in [2.05, 4.69) is 42.1 Å². The molecule has 1 fully saturated rings. The van der Waals surface area contributed by atoms with Crippen LogP contribution in [-0.4, -0.2) is 31.3 Å². The van der Waals surface area contributed by atoms with Crippen molar-refractivity contribution < 1.29 is 9.72 Å². The van der Waals surface area contributed by atoms with Gasteiger partial charge >= 0.3 is 0 Å². The highest BCUT2D eigenvalue weighted by molar-refractivity contribution is 9.10. The van der Waals surface area contributed by atoms with Gasteiger partial charge in [-0.2, -0.15) is 0 Å². The van der Waals surface area contributed by atoms with Gasteiger partial charge in [-0.05, 0) is 46.3 Å². The van der Waals surface area contributed by atoms with Gasteiger partial charge in [-0.3, -0.25) is 14.9 Å². The largest absolute Gasteiger partial charge is 0.324 e. The number of nitrogens with one attached hydrogen (secondary N) is 1. The Balaban J connectivity index is 1.40. The number of nitro benzene ring substituents is 1. The standard InChI is InChI=1S/C18H16BrN5O3S2/c19-14-8-12(24(26)27)5-6-15(14)20-17(25)10-29-18-22-21-16(23(18)11-3-4-11)9-13-2-1-7-28-13/h1-2,5-8,11H,3-4,9-10H2,(H,20,25). The molecule has 1 saturated carbocycles. The fourth-order valence-corrected chi connectivity index (χ4v) is 4.82. The van der Waals surface area contributed by atoms with Crippen LogP contribution in [0.5, 0.6) is 0 Å². The lowest BCUT2D eigenvalue weighted by molar-refractivity contribution is -0.384. The van der Waals surface area contributed by atoms with E-state index in [9.17, 15) is 14.9 Å². The zero-order chi connectivity index (χ0) is 20.4. The lowest BCUT2D eigenvalue weighted by Crippen LogP contribution is -2.15. The van der Waals surface area contributed by atoms with E-state index in [0.717, 1.165) is 30.2 Å². The number of non-ortho nitro benzene ring substituents is 1. The zero-order valence-corrected chi connectivity index (χ0v) is 18.3. The first kappa shape index (κ1) is 20.0. The number of aromatic nitrogens is 3. The van der Waals surface area contributed by atoms with Gasteiger partial charge in [0.1, 0.15) is 5.82 Å². The summed E-state index contributed by atoms with van der Waals surface area (Å²) in [6.07, 6.45) is 2.94. The number of anilines is 1. The molecule has 2 aromatic heterocycles. The molecular formula is C18H16BrN5O3S2. The molecule has 29 heavy (non-hydrogen) atoms. The van der Waals surface area contributed by atoms with Crippen molar-refractivity contribution in [3.63, 3.8) is 0 Å². The fraction of sp³-hybridized carbons (Fsp3) is 0.278. The second kappa shape index (κ2) is 8.64. The first-order valence-corrected chi connectivity index (χ1v) is 11.5. The highest BCUT2D eigenvalue weighted by Crippen LogP contribution is 2.39. The van der Waals surface area contributed by atoms with Crippen LogP contribution in [0.1, 0.15) is 29.6 Å². The Morgan fingerprint density at radius 1 is 1.38 bits per heavy atom. The predicted molar refractivity (Wildman–Crippen MR) is 116 cm³/mol. The van der Waals surface area contributed by atoms with E-state index in [1.165, 1.54) is 34.8 Å². The van der Waals surface area contributed by atoms with Crippen molar-refractivity contribution in [1.82, 2.24) is 14.8 Å². The minimum atomic E-state index is -0.481. The average Bonchev–Trinajstić information content (AvgIpc) is 3.24. The highest BCUT2D eigenvalue weighted by Gasteiger charge is 2.30. The van der Waals surface area contributed by atoms with Crippen LogP contribution in [0, 0.1) is 10.1 Å². The Bertz CT molecular complexity index is 1050. The Morgan fingerprint density at radius 2 is 2.21 bits per heavy atom. The molecule has 0 atom stereocenters. The number of halogens is 1. The molecule has 1 N–H and O–H groups in total. The summed E-state index contributed by atoms with van der Waals surface area (Å²) in [6.45, 7) is 0. The quantitative estimate of drug-likeness (QED) is 0.278. The Morgan fingerprint density at radius 3 is 2.86 bits per heavy atom. The number of hydrogen-bond acceptors (Lipinski definition) is 7. The zero-order valence-electron chi connectivity index (χ0n) is 15.1. The van der Waals surface area contributed by atoms with E-state index in [-0.39, 0.29) is 17.3 Å². The first-order valence-electron chi connectivity index (χ1n) is 8.84. The summed E-state index contributed by atoms with van der Waals surface area (Å²) in [5, 5.41) is 25.0. The number of thioether (sulfide) groups is 1. The van der Waals surface area contributed by atoms with Crippen LogP contribution in [0.2, 0.25) is 0 Å². The molecule has 8 nitrogen and oxygen atoms in total. The van der Waals surface area contributed by atoms with Gasteiger partial charge in [-0.15, -0.1) is 21.5 Å². The second-order valence-corrected chi connectivity index (χ2v) is 9.34. The number of carbonyl (C=O) groups is 1. The fourth-order valence-electron chi connectivity index (χ4n) is 2.83. The van der Waals surface area contributed by atoms with Gasteiger partial charge in [0.25, 0.3) is 5.69 Å². The van der Waals surface area contributed by atoms with Crippen molar-refractivity contribution in [2.24, 2.45) is 0 Å². The molecule has 1 aromatic carbocycles. The maximum atomic E-state index is 12.4. The maximum absolute atomic E-state index is 12.4. The monoisotopic (exact) mass is 493 g/mol. The number of hydrogen-bond donors (Lipinski definition) is 1. The maximum Gasteiger partial charge on any atom is 0.270 e. The summed E-state index contributed by atoms with van der Waals surface area (Å²) in [5.41, 5.74) is 0.447. The van der Waals surface area contributed by atoms with E-state index in [1.54, 1.807) is 11.3 Å². The molecule has 1 amide bonds. The Kier molecular flexibility index (Phi) is 5.97. The van der Waals surface area contributed by atoms with Crippen LogP contribution < -0.4 is 5.32 Å². The third-order valence-electron chi connectivity index (χ3n) is 4.33. The molecule has 3 aromatic rings. The van der Waals surface area contributed by atoms with Crippen LogP contribution in [0.25, 0.3) is 0 Å². The molecule has 150 valence electrons. The number of nitrogens with zero attached hydrogens (tertiary/aromatic N) is 4. The van der Waals surface area contributed by atoms with Crippen LogP contribution in [0.4, 0.5) is 11.4 Å². The summed E-state index contributed by atoms with van der Waals surface area (Å²) in [7, 11) is 0. The van der Waals surface area contributed by atoms with Crippen molar-refractivity contribution >= 4 is 56.3 Å². The highest BCUT2D eigenvalue weighted by atomic mass is 79.9. The topological polar surface area (TPSA) is 103 Å². The van der Waals surface area contributed by atoms with Crippen LogP contribution >= 0.6 is 39.0 Å². The van der Waals surface area contributed by atoms with Crippen molar-refractivity contribution in [3.8, 4) is 0 Å².